The summed E-state index contributed by atoms with van der Waals surface area (Å²) in [5.74, 6) is -0.294. The van der Waals surface area contributed by atoms with E-state index in [0.717, 1.165) is 25.2 Å². The molecule has 1 N–H and O–H groups in total. The average molecular weight is 517 g/mol. The molecule has 2 atom stereocenters. The second kappa shape index (κ2) is 8.45. The van der Waals surface area contributed by atoms with Gasteiger partial charge in [0.05, 0.1) is 5.56 Å². The van der Waals surface area contributed by atoms with E-state index in [2.05, 4.69) is 10.5 Å². The predicted octanol–water partition coefficient (Wildman–Crippen LogP) is 5.01. The third kappa shape index (κ3) is 5.14. The first kappa shape index (κ1) is 26.9. The van der Waals surface area contributed by atoms with E-state index in [1.165, 1.54) is 12.1 Å². The highest BCUT2D eigenvalue weighted by molar-refractivity contribution is 7.86. The predicted molar refractivity (Wildman–Crippen MR) is 121 cm³/mol. The minimum atomic E-state index is -4.75. The molecular formula is C23H29F3N3O5S+. The number of carbonyl (C=O) groups is 1. The Morgan fingerprint density at radius 3 is 2.23 bits per heavy atom. The number of likely N-dealkylation sites (N-methyl/N-ethyl adjacent to an activating group) is 1. The van der Waals surface area contributed by atoms with Crippen LogP contribution in [0.1, 0.15) is 52.9 Å². The minimum Gasteiger partial charge on any atom is -0.359 e. The quantitative estimate of drug-likeness (QED) is 0.574. The zero-order valence-corrected chi connectivity index (χ0v) is 21.3. The molecule has 0 bridgehead atoms. The standard InChI is InChI=1S/C23H28F3N3O5S/c1-21(2,3)17-13-19(28-33-17)27-20(30)16-12-18(22(4,5)6)34-29(16,7)35(31,32)15-10-8-9-14(11-15)23(24,25)26/h8-13,18H,1-7H3/p+1. The van der Waals surface area contributed by atoms with Gasteiger partial charge in [-0.25, -0.2) is 0 Å². The van der Waals surface area contributed by atoms with Crippen LogP contribution in [0.25, 0.3) is 0 Å². The number of quaternary nitrogens is 1. The van der Waals surface area contributed by atoms with Crippen LogP contribution in [-0.2, 0) is 31.2 Å². The maximum Gasteiger partial charge on any atom is 0.416 e. The van der Waals surface area contributed by atoms with E-state index in [4.69, 9.17) is 9.36 Å². The molecule has 0 saturated heterocycles. The fraction of sp³-hybridized carbons (Fsp3) is 0.478. The number of rotatable bonds is 4. The van der Waals surface area contributed by atoms with Crippen molar-refractivity contribution in [2.45, 2.75) is 64.1 Å². The van der Waals surface area contributed by atoms with Crippen LogP contribution in [0.4, 0.5) is 19.0 Å². The van der Waals surface area contributed by atoms with Gasteiger partial charge in [0.1, 0.15) is 23.8 Å². The molecule has 1 amide bonds. The fourth-order valence-electron chi connectivity index (χ4n) is 3.34. The van der Waals surface area contributed by atoms with Crippen LogP contribution < -0.4 is 5.32 Å². The summed E-state index contributed by atoms with van der Waals surface area (Å²) in [5, 5.41) is 6.32. The van der Waals surface area contributed by atoms with E-state index >= 15 is 0 Å². The lowest BCUT2D eigenvalue weighted by Gasteiger charge is -2.30. The van der Waals surface area contributed by atoms with Crippen LogP contribution in [-0.4, -0.2) is 36.7 Å². The third-order valence-corrected chi connectivity index (χ3v) is 7.61. The van der Waals surface area contributed by atoms with E-state index in [0.29, 0.717) is 11.8 Å². The fourth-order valence-corrected chi connectivity index (χ4v) is 4.88. The van der Waals surface area contributed by atoms with Crippen LogP contribution in [0.3, 0.4) is 0 Å². The molecular weight excluding hydrogens is 487 g/mol. The van der Waals surface area contributed by atoms with Crippen LogP contribution >= 0.6 is 0 Å². The van der Waals surface area contributed by atoms with Gasteiger partial charge in [-0.2, -0.15) is 26.4 Å². The van der Waals surface area contributed by atoms with Gasteiger partial charge in [-0.3, -0.25) is 10.1 Å². The van der Waals surface area contributed by atoms with E-state index in [-0.39, 0.29) is 16.9 Å². The van der Waals surface area contributed by atoms with Gasteiger partial charge in [-0.05, 0) is 27.7 Å². The molecule has 192 valence electrons. The summed E-state index contributed by atoms with van der Waals surface area (Å²) in [7, 11) is -3.57. The van der Waals surface area contributed by atoms with Gasteiger partial charge < -0.3 is 4.52 Å². The highest BCUT2D eigenvalue weighted by Crippen LogP contribution is 2.41. The molecule has 1 aromatic heterocycles. The number of benzene rings is 1. The van der Waals surface area contributed by atoms with E-state index < -0.39 is 48.1 Å². The number of nitrogens with zero attached hydrogens (tertiary/aromatic N) is 2. The topological polar surface area (TPSA) is 98.5 Å². The minimum absolute atomic E-state index is 0.0584. The van der Waals surface area contributed by atoms with Crippen LogP contribution in [0.5, 0.6) is 0 Å². The second-order valence-electron chi connectivity index (χ2n) is 10.6. The van der Waals surface area contributed by atoms with E-state index in [1.54, 1.807) is 20.8 Å². The van der Waals surface area contributed by atoms with Crippen molar-refractivity contribution in [3.8, 4) is 0 Å². The van der Waals surface area contributed by atoms with Crippen molar-refractivity contribution in [3.63, 3.8) is 0 Å². The summed E-state index contributed by atoms with van der Waals surface area (Å²) in [6.45, 7) is 11.0. The molecule has 12 heteroatoms. The number of sulfonamides is 1. The lowest BCUT2D eigenvalue weighted by molar-refractivity contribution is -0.953. The molecule has 8 nitrogen and oxygen atoms in total. The van der Waals surface area contributed by atoms with E-state index in [9.17, 15) is 26.4 Å². The van der Waals surface area contributed by atoms with Gasteiger partial charge in [0.2, 0.25) is 5.70 Å². The van der Waals surface area contributed by atoms with Crippen molar-refractivity contribution in [2.75, 3.05) is 12.4 Å². The van der Waals surface area contributed by atoms with Crippen molar-refractivity contribution in [1.29, 1.82) is 0 Å². The number of amides is 1. The highest BCUT2D eigenvalue weighted by atomic mass is 32.2. The zero-order chi connectivity index (χ0) is 26.6. The second-order valence-corrected chi connectivity index (χ2v) is 12.7. The number of anilines is 1. The van der Waals surface area contributed by atoms with Crippen LogP contribution in [0.2, 0.25) is 0 Å². The number of hydrogen-bond donors (Lipinski definition) is 1. The van der Waals surface area contributed by atoms with Crippen LogP contribution in [0.15, 0.2) is 51.5 Å². The molecule has 1 aliphatic rings. The van der Waals surface area contributed by atoms with Gasteiger partial charge in [0.25, 0.3) is 0 Å². The number of alkyl halides is 3. The van der Waals surface area contributed by atoms with Gasteiger partial charge in [-0.1, -0.05) is 52.8 Å². The monoisotopic (exact) mass is 516 g/mol. The van der Waals surface area contributed by atoms with Gasteiger partial charge >= 0.3 is 22.1 Å². The van der Waals surface area contributed by atoms with Crippen molar-refractivity contribution < 1.29 is 39.8 Å². The molecule has 2 unspecified atom stereocenters. The molecule has 2 aromatic rings. The van der Waals surface area contributed by atoms with Crippen molar-refractivity contribution in [2.24, 2.45) is 5.41 Å². The maximum atomic E-state index is 13.6. The summed E-state index contributed by atoms with van der Waals surface area (Å²) in [6, 6.07) is 4.83. The molecule has 0 radical (unpaired) electrons. The van der Waals surface area contributed by atoms with Crippen molar-refractivity contribution in [1.82, 2.24) is 5.16 Å². The molecule has 0 saturated carbocycles. The molecule has 0 aliphatic carbocycles. The van der Waals surface area contributed by atoms with Crippen molar-refractivity contribution >= 4 is 21.7 Å². The Labute approximate surface area is 202 Å². The largest absolute Gasteiger partial charge is 0.416 e. The lowest BCUT2D eigenvalue weighted by atomic mass is 9.89. The Bertz CT molecular complexity index is 1270. The Morgan fingerprint density at radius 1 is 1.09 bits per heavy atom. The van der Waals surface area contributed by atoms with E-state index in [1.807, 2.05) is 20.8 Å². The first-order valence-corrected chi connectivity index (χ1v) is 12.2. The van der Waals surface area contributed by atoms with Crippen LogP contribution in [0, 0.1) is 5.41 Å². The summed E-state index contributed by atoms with van der Waals surface area (Å²) in [4.78, 5) is 18.5. The summed E-state index contributed by atoms with van der Waals surface area (Å²) in [5.41, 5.74) is -2.47. The number of carbonyl (C=O) groups excluding carboxylic acids is 1. The zero-order valence-electron chi connectivity index (χ0n) is 20.5. The summed E-state index contributed by atoms with van der Waals surface area (Å²) >= 11 is 0. The maximum absolute atomic E-state index is 13.6. The molecule has 2 heterocycles. The Balaban J connectivity index is 2.06. The smallest absolute Gasteiger partial charge is 0.359 e. The Morgan fingerprint density at radius 2 is 1.71 bits per heavy atom. The number of nitrogens with one attached hydrogen (secondary N) is 1. The number of aromatic nitrogens is 1. The SMILES string of the molecule is CC(C)(C)c1cc(NC(=O)C2=CC(C(C)(C)C)O[N+]2(C)S(=O)(=O)c2cccc(C(F)(F)F)c2)no1. The van der Waals surface area contributed by atoms with Gasteiger partial charge in [0.15, 0.2) is 5.82 Å². The number of halogens is 3. The normalized spacial score (nSPS) is 21.7. The first-order chi connectivity index (χ1) is 15.8. The molecule has 3 rings (SSSR count). The van der Waals surface area contributed by atoms with Gasteiger partial charge in [0, 0.05) is 17.6 Å². The summed E-state index contributed by atoms with van der Waals surface area (Å²) in [6.07, 6.45) is -4.22. The third-order valence-electron chi connectivity index (χ3n) is 5.56. The number of hydroxylamine groups is 2. The molecule has 0 fully saturated rings. The Kier molecular flexibility index (Phi) is 6.50. The molecule has 1 aliphatic heterocycles. The number of hydrogen-bond acceptors (Lipinski definition) is 6. The lowest BCUT2D eigenvalue weighted by Crippen LogP contribution is -2.50. The molecule has 0 spiro atoms. The van der Waals surface area contributed by atoms with Crippen molar-refractivity contribution in [3.05, 3.63) is 53.4 Å². The first-order valence-electron chi connectivity index (χ1n) is 10.7. The Hall–Kier alpha value is -2.70. The summed E-state index contributed by atoms with van der Waals surface area (Å²) < 4.78 is 70.9. The molecule has 35 heavy (non-hydrogen) atoms. The molecule has 1 aromatic carbocycles. The highest BCUT2D eigenvalue weighted by Gasteiger charge is 2.57. The average Bonchev–Trinajstić information content (AvgIpc) is 3.32. The van der Waals surface area contributed by atoms with Gasteiger partial charge in [-0.15, -0.1) is 0 Å².